The molecule has 0 bridgehead atoms. The lowest BCUT2D eigenvalue weighted by atomic mass is 10.1. The van der Waals surface area contributed by atoms with E-state index in [2.05, 4.69) is 21.5 Å². The number of hydrogen-bond acceptors (Lipinski definition) is 7. The SMILES string of the molecule is CC1(C)COCCN1S(=O)(=O)c1ccc(Nc2nn([C@@H](CC#N)C3CC3)c3cc[nH]c(=O)c23)cc1. The topological polar surface area (TPSA) is 133 Å². The molecular weight excluding hydrogens is 468 g/mol. The van der Waals surface area contributed by atoms with Gasteiger partial charge < -0.3 is 15.0 Å². The molecule has 35 heavy (non-hydrogen) atoms. The molecule has 2 N–H and O–H groups in total. The lowest BCUT2D eigenvalue weighted by Gasteiger charge is -2.40. The Labute approximate surface area is 203 Å². The van der Waals surface area contributed by atoms with Crippen LogP contribution in [0.1, 0.15) is 39.2 Å². The molecule has 184 valence electrons. The Kier molecular flexibility index (Phi) is 5.91. The summed E-state index contributed by atoms with van der Waals surface area (Å²) >= 11 is 0. The van der Waals surface area contributed by atoms with Crippen molar-refractivity contribution in [3.8, 4) is 6.07 Å². The van der Waals surface area contributed by atoms with E-state index in [1.807, 2.05) is 13.8 Å². The Morgan fingerprint density at radius 1 is 1.29 bits per heavy atom. The first kappa shape index (κ1) is 23.5. The van der Waals surface area contributed by atoms with Crippen molar-refractivity contribution >= 4 is 32.4 Å². The summed E-state index contributed by atoms with van der Waals surface area (Å²) in [5.74, 6) is 0.745. The maximum absolute atomic E-state index is 13.3. The molecule has 0 radical (unpaired) electrons. The number of H-pyrrole nitrogens is 1. The largest absolute Gasteiger partial charge is 0.378 e. The predicted octanol–water partition coefficient (Wildman–Crippen LogP) is 3.13. The van der Waals surface area contributed by atoms with E-state index in [0.717, 1.165) is 12.8 Å². The van der Waals surface area contributed by atoms with Crippen LogP contribution in [0.3, 0.4) is 0 Å². The first-order chi connectivity index (χ1) is 16.7. The average molecular weight is 497 g/mol. The average Bonchev–Trinajstić information content (AvgIpc) is 3.59. The quantitative estimate of drug-likeness (QED) is 0.513. The van der Waals surface area contributed by atoms with Gasteiger partial charge >= 0.3 is 0 Å². The summed E-state index contributed by atoms with van der Waals surface area (Å²) < 4.78 is 35.3. The minimum atomic E-state index is -3.70. The minimum absolute atomic E-state index is 0.0933. The second kappa shape index (κ2) is 8.78. The maximum Gasteiger partial charge on any atom is 0.261 e. The molecule has 1 atom stereocenters. The van der Waals surface area contributed by atoms with Gasteiger partial charge in [0.15, 0.2) is 5.82 Å². The van der Waals surface area contributed by atoms with E-state index in [4.69, 9.17) is 4.74 Å². The first-order valence-corrected chi connectivity index (χ1v) is 13.1. The summed E-state index contributed by atoms with van der Waals surface area (Å²) in [6.45, 7) is 4.69. The van der Waals surface area contributed by atoms with Gasteiger partial charge in [0.1, 0.15) is 5.39 Å². The van der Waals surface area contributed by atoms with Crippen molar-refractivity contribution in [3.05, 3.63) is 46.9 Å². The van der Waals surface area contributed by atoms with Gasteiger partial charge in [-0.25, -0.2) is 8.42 Å². The van der Waals surface area contributed by atoms with E-state index in [9.17, 15) is 18.5 Å². The fraction of sp³-hybridized carbons (Fsp3) is 0.458. The third-order valence-electron chi connectivity index (χ3n) is 6.69. The molecule has 2 aliphatic rings. The Morgan fingerprint density at radius 3 is 2.69 bits per heavy atom. The van der Waals surface area contributed by atoms with Crippen molar-refractivity contribution < 1.29 is 13.2 Å². The van der Waals surface area contributed by atoms with Crippen LogP contribution in [0.4, 0.5) is 11.5 Å². The minimum Gasteiger partial charge on any atom is -0.378 e. The number of aromatic amines is 1. The second-order valence-electron chi connectivity index (χ2n) is 9.72. The van der Waals surface area contributed by atoms with Crippen LogP contribution in [-0.2, 0) is 14.8 Å². The molecule has 1 saturated carbocycles. The number of sulfonamides is 1. The lowest BCUT2D eigenvalue weighted by Crippen LogP contribution is -2.55. The van der Waals surface area contributed by atoms with Gasteiger partial charge in [0.25, 0.3) is 5.56 Å². The van der Waals surface area contributed by atoms with Crippen molar-refractivity contribution in [1.29, 1.82) is 5.26 Å². The number of hydrogen-bond donors (Lipinski definition) is 2. The zero-order valence-corrected chi connectivity index (χ0v) is 20.5. The fourth-order valence-electron chi connectivity index (χ4n) is 4.73. The third-order valence-corrected chi connectivity index (χ3v) is 8.81. The molecule has 0 unspecified atom stereocenters. The van der Waals surface area contributed by atoms with Crippen LogP contribution < -0.4 is 10.9 Å². The monoisotopic (exact) mass is 496 g/mol. The Balaban J connectivity index is 1.46. The van der Waals surface area contributed by atoms with Gasteiger partial charge in [0.2, 0.25) is 10.0 Å². The normalized spacial score (nSPS) is 19.3. The fourth-order valence-corrected chi connectivity index (χ4v) is 6.48. The molecule has 5 rings (SSSR count). The van der Waals surface area contributed by atoms with E-state index in [0.29, 0.717) is 54.5 Å². The molecule has 1 aliphatic carbocycles. The predicted molar refractivity (Wildman–Crippen MR) is 131 cm³/mol. The Morgan fingerprint density at radius 2 is 2.03 bits per heavy atom. The molecule has 0 amide bonds. The molecule has 10 nitrogen and oxygen atoms in total. The van der Waals surface area contributed by atoms with Gasteiger partial charge in [-0.1, -0.05) is 0 Å². The van der Waals surface area contributed by atoms with Crippen LogP contribution in [0, 0.1) is 17.2 Å². The highest BCUT2D eigenvalue weighted by Gasteiger charge is 2.39. The number of anilines is 2. The number of pyridine rings is 1. The van der Waals surface area contributed by atoms with Gasteiger partial charge in [-0.3, -0.25) is 9.48 Å². The molecule has 3 heterocycles. The molecule has 3 aromatic rings. The summed E-state index contributed by atoms with van der Waals surface area (Å²) in [4.78, 5) is 15.6. The van der Waals surface area contributed by atoms with Crippen LogP contribution in [-0.4, -0.2) is 52.8 Å². The zero-order valence-electron chi connectivity index (χ0n) is 19.7. The number of ether oxygens (including phenoxy) is 1. The third kappa shape index (κ3) is 4.33. The molecule has 2 aromatic heterocycles. The molecule has 11 heteroatoms. The smallest absolute Gasteiger partial charge is 0.261 e. The number of nitrogens with one attached hydrogen (secondary N) is 2. The van der Waals surface area contributed by atoms with Crippen LogP contribution >= 0.6 is 0 Å². The summed E-state index contributed by atoms with van der Waals surface area (Å²) in [5.41, 5.74) is 0.347. The summed E-state index contributed by atoms with van der Waals surface area (Å²) in [6.07, 6.45) is 3.97. The maximum atomic E-state index is 13.3. The van der Waals surface area contributed by atoms with E-state index in [1.165, 1.54) is 4.31 Å². The molecular formula is C24H28N6O4S. The number of morpholine rings is 1. The second-order valence-corrected chi connectivity index (χ2v) is 11.6. The van der Waals surface area contributed by atoms with E-state index in [-0.39, 0.29) is 16.5 Å². The number of rotatable bonds is 7. The highest BCUT2D eigenvalue weighted by Crippen LogP contribution is 2.43. The van der Waals surface area contributed by atoms with Gasteiger partial charge in [0, 0.05) is 18.4 Å². The van der Waals surface area contributed by atoms with Crippen LogP contribution in [0.2, 0.25) is 0 Å². The van der Waals surface area contributed by atoms with Crippen molar-refractivity contribution in [2.45, 2.75) is 49.6 Å². The number of benzene rings is 1. The van der Waals surface area contributed by atoms with Crippen molar-refractivity contribution in [3.63, 3.8) is 0 Å². The number of nitriles is 1. The van der Waals surface area contributed by atoms with Gasteiger partial charge in [-0.2, -0.15) is 14.7 Å². The molecule has 0 spiro atoms. The van der Waals surface area contributed by atoms with Gasteiger partial charge in [0.05, 0.1) is 47.7 Å². The van der Waals surface area contributed by atoms with E-state index >= 15 is 0 Å². The van der Waals surface area contributed by atoms with E-state index in [1.54, 1.807) is 41.2 Å². The van der Waals surface area contributed by atoms with E-state index < -0.39 is 15.6 Å². The summed E-state index contributed by atoms with van der Waals surface area (Å²) in [7, 11) is -3.70. The highest BCUT2D eigenvalue weighted by molar-refractivity contribution is 7.89. The Bertz CT molecular complexity index is 1450. The number of nitrogens with zero attached hydrogens (tertiary/aromatic N) is 4. The van der Waals surface area contributed by atoms with Crippen LogP contribution in [0.15, 0.2) is 46.2 Å². The van der Waals surface area contributed by atoms with Crippen molar-refractivity contribution in [1.82, 2.24) is 19.1 Å². The van der Waals surface area contributed by atoms with Crippen LogP contribution in [0.25, 0.3) is 10.9 Å². The summed E-state index contributed by atoms with van der Waals surface area (Å²) in [6, 6.07) is 10.4. The summed E-state index contributed by atoms with van der Waals surface area (Å²) in [5, 5.41) is 17.6. The van der Waals surface area contributed by atoms with Crippen LogP contribution in [0.5, 0.6) is 0 Å². The highest BCUT2D eigenvalue weighted by atomic mass is 32.2. The zero-order chi connectivity index (χ0) is 24.8. The number of aromatic nitrogens is 3. The molecule has 1 saturated heterocycles. The molecule has 1 aliphatic heterocycles. The van der Waals surface area contributed by atoms with Gasteiger partial charge in [-0.05, 0) is 62.9 Å². The van der Waals surface area contributed by atoms with Crippen molar-refractivity contribution in [2.24, 2.45) is 5.92 Å². The number of fused-ring (bicyclic) bond motifs is 1. The standard InChI is InChI=1S/C24H28N6O4S/c1-24(2)15-34-14-13-29(24)35(32,33)18-7-5-17(6-8-18)27-22-21-20(10-12-26-23(21)31)30(28-22)19(9-11-25)16-3-4-16/h5-8,10,12,16,19H,3-4,9,13-15H2,1-2H3,(H,26,31)(H,27,28)/t19-/m0/s1. The molecule has 2 fully saturated rings. The van der Waals surface area contributed by atoms with Crippen molar-refractivity contribution in [2.75, 3.05) is 25.1 Å². The lowest BCUT2D eigenvalue weighted by molar-refractivity contribution is -0.00770. The first-order valence-electron chi connectivity index (χ1n) is 11.7. The van der Waals surface area contributed by atoms with Gasteiger partial charge in [-0.15, -0.1) is 0 Å². The Hall–Kier alpha value is -3.20. The molecule has 1 aromatic carbocycles.